The molecule has 0 aliphatic heterocycles. The van der Waals surface area contributed by atoms with E-state index in [0.717, 1.165) is 0 Å². The van der Waals surface area contributed by atoms with Crippen molar-refractivity contribution >= 4 is 5.91 Å². The summed E-state index contributed by atoms with van der Waals surface area (Å²) in [6, 6.07) is 1.06. The van der Waals surface area contributed by atoms with Crippen LogP contribution < -0.4 is 10.6 Å². The van der Waals surface area contributed by atoms with E-state index in [1.807, 2.05) is 6.92 Å². The monoisotopic (exact) mass is 227 g/mol. The van der Waals surface area contributed by atoms with Gasteiger partial charge < -0.3 is 10.6 Å². The molecule has 0 bridgehead atoms. The van der Waals surface area contributed by atoms with Crippen LogP contribution in [-0.2, 0) is 4.79 Å². The molecule has 0 unspecified atom stereocenters. The summed E-state index contributed by atoms with van der Waals surface area (Å²) in [6.07, 6.45) is 7.26. The summed E-state index contributed by atoms with van der Waals surface area (Å²) < 4.78 is 0. The molecular formula is C13H27N2O+. The van der Waals surface area contributed by atoms with Crippen molar-refractivity contribution in [3.63, 3.8) is 0 Å². The van der Waals surface area contributed by atoms with Gasteiger partial charge in [0.25, 0.3) is 5.91 Å². The second kappa shape index (κ2) is 6.89. The number of nitrogens with one attached hydrogen (secondary N) is 1. The molecule has 0 aromatic carbocycles. The molecule has 1 amide bonds. The van der Waals surface area contributed by atoms with Crippen LogP contribution >= 0.6 is 0 Å². The van der Waals surface area contributed by atoms with E-state index in [4.69, 9.17) is 0 Å². The summed E-state index contributed by atoms with van der Waals surface area (Å²) in [5, 5.41) is 5.34. The molecule has 3 nitrogen and oxygen atoms in total. The lowest BCUT2D eigenvalue weighted by Gasteiger charge is -2.18. The predicted octanol–water partition coefficient (Wildman–Crippen LogP) is 1.19. The van der Waals surface area contributed by atoms with E-state index in [2.05, 4.69) is 24.5 Å². The van der Waals surface area contributed by atoms with E-state index in [1.54, 1.807) is 0 Å². The van der Waals surface area contributed by atoms with Crippen molar-refractivity contribution in [3.8, 4) is 0 Å². The summed E-state index contributed by atoms with van der Waals surface area (Å²) in [6.45, 7) is 6.40. The molecule has 3 heteroatoms. The lowest BCUT2D eigenvalue weighted by molar-refractivity contribution is -0.704. The minimum atomic E-state index is 0.0575. The van der Waals surface area contributed by atoms with Crippen LogP contribution in [0.5, 0.6) is 0 Å². The van der Waals surface area contributed by atoms with Crippen LogP contribution in [0.15, 0.2) is 0 Å². The Labute approximate surface area is 99.4 Å². The van der Waals surface area contributed by atoms with Crippen molar-refractivity contribution in [1.29, 1.82) is 0 Å². The van der Waals surface area contributed by atoms with E-state index in [0.29, 0.717) is 12.1 Å². The van der Waals surface area contributed by atoms with Crippen molar-refractivity contribution in [2.24, 2.45) is 0 Å². The molecule has 0 saturated heterocycles. The van der Waals surface area contributed by atoms with Crippen molar-refractivity contribution < 1.29 is 10.1 Å². The summed E-state index contributed by atoms with van der Waals surface area (Å²) in [5.41, 5.74) is 0. The first kappa shape index (κ1) is 13.5. The van der Waals surface area contributed by atoms with Crippen molar-refractivity contribution in [2.75, 3.05) is 0 Å². The van der Waals surface area contributed by atoms with Gasteiger partial charge in [-0.1, -0.05) is 26.2 Å². The third-order valence-corrected chi connectivity index (χ3v) is 3.48. The molecule has 1 aliphatic rings. The fourth-order valence-electron chi connectivity index (χ4n) is 2.53. The zero-order chi connectivity index (χ0) is 12.0. The number of carbonyl (C=O) groups is 1. The average molecular weight is 227 g/mol. The zero-order valence-electron chi connectivity index (χ0n) is 11.0. The van der Waals surface area contributed by atoms with Gasteiger partial charge in [0, 0.05) is 6.04 Å². The first-order valence-corrected chi connectivity index (χ1v) is 6.78. The number of carbonyl (C=O) groups excluding carboxylic acids is 1. The normalized spacial score (nSPS) is 20.7. The van der Waals surface area contributed by atoms with E-state index in [-0.39, 0.29) is 11.9 Å². The second-order valence-corrected chi connectivity index (χ2v) is 5.24. The van der Waals surface area contributed by atoms with Crippen molar-refractivity contribution in [1.82, 2.24) is 5.32 Å². The topological polar surface area (TPSA) is 45.7 Å². The van der Waals surface area contributed by atoms with Crippen LogP contribution in [0, 0.1) is 0 Å². The average Bonchev–Trinajstić information content (AvgIpc) is 2.70. The van der Waals surface area contributed by atoms with Crippen molar-refractivity contribution in [3.05, 3.63) is 0 Å². The molecule has 16 heavy (non-hydrogen) atoms. The minimum Gasteiger partial charge on any atom is -0.348 e. The highest BCUT2D eigenvalue weighted by Crippen LogP contribution is 2.17. The summed E-state index contributed by atoms with van der Waals surface area (Å²) in [7, 11) is 0. The van der Waals surface area contributed by atoms with Crippen LogP contribution in [0.4, 0.5) is 0 Å². The Morgan fingerprint density at radius 2 is 2.00 bits per heavy atom. The lowest BCUT2D eigenvalue weighted by atomic mass is 10.1. The Balaban J connectivity index is 2.23. The highest BCUT2D eigenvalue weighted by molar-refractivity contribution is 5.80. The molecule has 2 atom stereocenters. The molecule has 1 aliphatic carbocycles. The molecule has 1 fully saturated rings. The molecule has 3 N–H and O–H groups in total. The summed E-state index contributed by atoms with van der Waals surface area (Å²) in [5.74, 6) is 0.217. The molecule has 1 rings (SSSR count). The van der Waals surface area contributed by atoms with Gasteiger partial charge in [-0.25, -0.2) is 0 Å². The Kier molecular flexibility index (Phi) is 5.81. The van der Waals surface area contributed by atoms with E-state index < -0.39 is 0 Å². The van der Waals surface area contributed by atoms with Crippen LogP contribution in [0.3, 0.4) is 0 Å². The van der Waals surface area contributed by atoms with E-state index in [1.165, 1.54) is 38.5 Å². The Hall–Kier alpha value is -0.570. The maximum Gasteiger partial charge on any atom is 0.278 e. The Morgan fingerprint density at radius 1 is 1.38 bits per heavy atom. The van der Waals surface area contributed by atoms with Gasteiger partial charge >= 0.3 is 0 Å². The molecule has 94 valence electrons. The van der Waals surface area contributed by atoms with Gasteiger partial charge in [0.15, 0.2) is 6.04 Å². The molecule has 0 spiro atoms. The molecule has 0 aromatic rings. The third kappa shape index (κ3) is 4.52. The van der Waals surface area contributed by atoms with Crippen LogP contribution in [0.2, 0.25) is 0 Å². The molecule has 0 aromatic heterocycles. The standard InChI is InChI=1S/C13H26N2O/c1-4-7-10(2)14-11(3)13(16)15-12-8-5-6-9-12/h10-12,14H,4-9H2,1-3H3,(H,15,16)/p+1/t10-,11-/m1/s1. The largest absolute Gasteiger partial charge is 0.348 e. The molecule has 0 heterocycles. The number of nitrogens with two attached hydrogens (primary N) is 1. The molecule has 1 saturated carbocycles. The fraction of sp³-hybridized carbons (Fsp3) is 0.923. The van der Waals surface area contributed by atoms with Crippen LogP contribution in [0.25, 0.3) is 0 Å². The number of amides is 1. The minimum absolute atomic E-state index is 0.0575. The van der Waals surface area contributed by atoms with E-state index >= 15 is 0 Å². The maximum absolute atomic E-state index is 11.9. The number of hydrogen-bond donors (Lipinski definition) is 2. The fourth-order valence-corrected chi connectivity index (χ4v) is 2.53. The van der Waals surface area contributed by atoms with Gasteiger partial charge in [-0.2, -0.15) is 0 Å². The maximum atomic E-state index is 11.9. The highest BCUT2D eigenvalue weighted by atomic mass is 16.2. The van der Waals surface area contributed by atoms with Crippen molar-refractivity contribution in [2.45, 2.75) is 77.4 Å². The Morgan fingerprint density at radius 3 is 2.56 bits per heavy atom. The Bertz CT molecular complexity index is 212. The molecule has 0 radical (unpaired) electrons. The molecular weight excluding hydrogens is 200 g/mol. The quantitative estimate of drug-likeness (QED) is 0.703. The van der Waals surface area contributed by atoms with Gasteiger partial charge in [-0.05, 0) is 33.1 Å². The zero-order valence-corrected chi connectivity index (χ0v) is 11.0. The second-order valence-electron chi connectivity index (χ2n) is 5.24. The summed E-state index contributed by atoms with van der Waals surface area (Å²) in [4.78, 5) is 11.9. The SMILES string of the molecule is CCC[C@@H](C)[NH2+][C@H](C)C(=O)NC1CCCC1. The van der Waals surface area contributed by atoms with Gasteiger partial charge in [-0.3, -0.25) is 4.79 Å². The van der Waals surface area contributed by atoms with Gasteiger partial charge in [0.05, 0.1) is 6.04 Å². The van der Waals surface area contributed by atoms with Gasteiger partial charge in [0.1, 0.15) is 0 Å². The van der Waals surface area contributed by atoms with Gasteiger partial charge in [0.2, 0.25) is 0 Å². The summed E-state index contributed by atoms with van der Waals surface area (Å²) >= 11 is 0. The first-order valence-electron chi connectivity index (χ1n) is 6.78. The van der Waals surface area contributed by atoms with Crippen LogP contribution in [-0.4, -0.2) is 24.0 Å². The smallest absolute Gasteiger partial charge is 0.278 e. The first-order chi connectivity index (χ1) is 7.63. The highest BCUT2D eigenvalue weighted by Gasteiger charge is 2.23. The van der Waals surface area contributed by atoms with Crippen LogP contribution in [0.1, 0.15) is 59.3 Å². The lowest BCUT2D eigenvalue weighted by Crippen LogP contribution is -2.96. The predicted molar refractivity (Wildman–Crippen MR) is 66.2 cm³/mol. The third-order valence-electron chi connectivity index (χ3n) is 3.48. The van der Waals surface area contributed by atoms with Gasteiger partial charge in [-0.15, -0.1) is 0 Å². The number of rotatable bonds is 6. The number of quaternary nitrogens is 1. The number of hydrogen-bond acceptors (Lipinski definition) is 1. The van der Waals surface area contributed by atoms with E-state index in [9.17, 15) is 4.79 Å².